The summed E-state index contributed by atoms with van der Waals surface area (Å²) in [6.45, 7) is 3.87. The highest BCUT2D eigenvalue weighted by atomic mass is 32.2. The van der Waals surface area contributed by atoms with Crippen LogP contribution in [0, 0.1) is 0 Å². The molecule has 0 aromatic heterocycles. The summed E-state index contributed by atoms with van der Waals surface area (Å²) in [4.78, 5) is 25.7. The lowest BCUT2D eigenvalue weighted by Gasteiger charge is -2.26. The zero-order valence-corrected chi connectivity index (χ0v) is 16.6. The standard InChI is InChI=1S/C22H26N2O2S/c1-15(2)23-21(25)14-27-20-13-6-5-11-18(20)22(26)24-19-12-7-9-16-8-3-4-10-17(16)19/h3-6,8,10-11,13,15,19H,7,9,12,14H2,1-2H3,(H,23,25)(H,24,26). The predicted octanol–water partition coefficient (Wildman–Crippen LogP) is 4.11. The maximum Gasteiger partial charge on any atom is 0.252 e. The van der Waals surface area contributed by atoms with Gasteiger partial charge in [-0.2, -0.15) is 0 Å². The fourth-order valence-corrected chi connectivity index (χ4v) is 4.29. The van der Waals surface area contributed by atoms with E-state index in [9.17, 15) is 9.59 Å². The maximum atomic E-state index is 12.9. The molecule has 1 aliphatic carbocycles. The number of hydrogen-bond donors (Lipinski definition) is 2. The minimum Gasteiger partial charge on any atom is -0.353 e. The number of nitrogens with one attached hydrogen (secondary N) is 2. The van der Waals surface area contributed by atoms with E-state index in [2.05, 4.69) is 28.8 Å². The van der Waals surface area contributed by atoms with Crippen LogP contribution in [0.3, 0.4) is 0 Å². The molecule has 2 N–H and O–H groups in total. The molecule has 5 heteroatoms. The van der Waals surface area contributed by atoms with Gasteiger partial charge < -0.3 is 10.6 Å². The number of amides is 2. The van der Waals surface area contributed by atoms with Gasteiger partial charge in [-0.25, -0.2) is 0 Å². The van der Waals surface area contributed by atoms with Crippen LogP contribution in [-0.2, 0) is 11.2 Å². The second-order valence-corrected chi connectivity index (χ2v) is 8.14. The Morgan fingerprint density at radius 1 is 1.11 bits per heavy atom. The quantitative estimate of drug-likeness (QED) is 0.739. The summed E-state index contributed by atoms with van der Waals surface area (Å²) in [5.74, 6) is 0.199. The van der Waals surface area contributed by atoms with Gasteiger partial charge in [-0.15, -0.1) is 11.8 Å². The summed E-state index contributed by atoms with van der Waals surface area (Å²) in [6.07, 6.45) is 3.10. The summed E-state index contributed by atoms with van der Waals surface area (Å²) in [6, 6.07) is 16.0. The topological polar surface area (TPSA) is 58.2 Å². The second kappa shape index (κ2) is 9.09. The molecular weight excluding hydrogens is 356 g/mol. The van der Waals surface area contributed by atoms with Crippen molar-refractivity contribution in [2.24, 2.45) is 0 Å². The van der Waals surface area contributed by atoms with Crippen LogP contribution in [0.2, 0.25) is 0 Å². The lowest BCUT2D eigenvalue weighted by atomic mass is 9.87. The molecule has 2 amide bonds. The molecule has 1 aliphatic rings. The van der Waals surface area contributed by atoms with Crippen LogP contribution in [0.5, 0.6) is 0 Å². The van der Waals surface area contributed by atoms with Gasteiger partial charge in [0, 0.05) is 10.9 Å². The van der Waals surface area contributed by atoms with Crippen LogP contribution < -0.4 is 10.6 Å². The number of aryl methyl sites for hydroxylation is 1. The van der Waals surface area contributed by atoms with Crippen molar-refractivity contribution in [1.29, 1.82) is 0 Å². The van der Waals surface area contributed by atoms with Crippen molar-refractivity contribution in [2.45, 2.75) is 50.1 Å². The number of thioether (sulfide) groups is 1. The van der Waals surface area contributed by atoms with Gasteiger partial charge in [0.1, 0.15) is 0 Å². The summed E-state index contributed by atoms with van der Waals surface area (Å²) in [5.41, 5.74) is 3.17. The number of hydrogen-bond acceptors (Lipinski definition) is 3. The molecule has 27 heavy (non-hydrogen) atoms. The molecule has 1 unspecified atom stereocenters. The van der Waals surface area contributed by atoms with Gasteiger partial charge in [0.2, 0.25) is 5.91 Å². The first kappa shape index (κ1) is 19.5. The van der Waals surface area contributed by atoms with Crippen LogP contribution >= 0.6 is 11.8 Å². The molecule has 0 heterocycles. The Kier molecular flexibility index (Phi) is 6.56. The molecule has 0 radical (unpaired) electrons. The molecule has 0 spiro atoms. The number of benzene rings is 2. The van der Waals surface area contributed by atoms with E-state index in [1.807, 2.05) is 44.2 Å². The van der Waals surface area contributed by atoms with Crippen LogP contribution in [0.1, 0.15) is 54.2 Å². The Hall–Kier alpha value is -2.27. The normalized spacial score (nSPS) is 15.9. The summed E-state index contributed by atoms with van der Waals surface area (Å²) in [5, 5.41) is 6.08. The second-order valence-electron chi connectivity index (χ2n) is 7.12. The van der Waals surface area contributed by atoms with E-state index in [4.69, 9.17) is 0 Å². The van der Waals surface area contributed by atoms with Crippen molar-refractivity contribution in [3.05, 3.63) is 65.2 Å². The van der Waals surface area contributed by atoms with E-state index < -0.39 is 0 Å². The molecule has 0 fully saturated rings. The third kappa shape index (κ3) is 5.13. The van der Waals surface area contributed by atoms with Crippen molar-refractivity contribution < 1.29 is 9.59 Å². The number of fused-ring (bicyclic) bond motifs is 1. The highest BCUT2D eigenvalue weighted by Crippen LogP contribution is 2.30. The smallest absolute Gasteiger partial charge is 0.252 e. The molecule has 0 saturated carbocycles. The van der Waals surface area contributed by atoms with Gasteiger partial charge in [-0.05, 0) is 56.4 Å². The van der Waals surface area contributed by atoms with Crippen LogP contribution in [0.4, 0.5) is 0 Å². The molecule has 4 nitrogen and oxygen atoms in total. The number of carbonyl (C=O) groups excluding carboxylic acids is 2. The van der Waals surface area contributed by atoms with E-state index in [0.29, 0.717) is 11.3 Å². The van der Waals surface area contributed by atoms with Gasteiger partial charge in [-0.3, -0.25) is 9.59 Å². The highest BCUT2D eigenvalue weighted by molar-refractivity contribution is 8.00. The van der Waals surface area contributed by atoms with E-state index >= 15 is 0 Å². The molecule has 0 saturated heterocycles. The fraction of sp³-hybridized carbons (Fsp3) is 0.364. The third-order valence-electron chi connectivity index (χ3n) is 4.61. The summed E-state index contributed by atoms with van der Waals surface area (Å²) >= 11 is 1.40. The average molecular weight is 383 g/mol. The van der Waals surface area contributed by atoms with Crippen molar-refractivity contribution in [3.8, 4) is 0 Å². The predicted molar refractivity (Wildman–Crippen MR) is 110 cm³/mol. The van der Waals surface area contributed by atoms with Crippen molar-refractivity contribution >= 4 is 23.6 Å². The van der Waals surface area contributed by atoms with Crippen molar-refractivity contribution in [3.63, 3.8) is 0 Å². The average Bonchev–Trinajstić information content (AvgIpc) is 2.66. The van der Waals surface area contributed by atoms with Crippen molar-refractivity contribution in [2.75, 3.05) is 5.75 Å². The Labute approximate surface area is 165 Å². The van der Waals surface area contributed by atoms with Crippen LogP contribution in [0.15, 0.2) is 53.4 Å². The molecule has 0 aliphatic heterocycles. The molecule has 2 aromatic rings. The maximum absolute atomic E-state index is 12.9. The molecule has 0 bridgehead atoms. The van der Waals surface area contributed by atoms with Gasteiger partial charge in [-0.1, -0.05) is 36.4 Å². The SMILES string of the molecule is CC(C)NC(=O)CSc1ccccc1C(=O)NC1CCCc2ccccc21. The van der Waals surface area contributed by atoms with Crippen LogP contribution in [0.25, 0.3) is 0 Å². The Bertz CT molecular complexity index is 819. The largest absolute Gasteiger partial charge is 0.353 e. The summed E-state index contributed by atoms with van der Waals surface area (Å²) < 4.78 is 0. The molecule has 1 atom stereocenters. The minimum absolute atomic E-state index is 0.0218. The number of rotatable bonds is 6. The van der Waals surface area contributed by atoms with E-state index in [1.165, 1.54) is 22.9 Å². The highest BCUT2D eigenvalue weighted by Gasteiger charge is 2.23. The Balaban J connectivity index is 1.70. The van der Waals surface area contributed by atoms with Gasteiger partial charge in [0.25, 0.3) is 5.91 Å². The van der Waals surface area contributed by atoms with Gasteiger partial charge >= 0.3 is 0 Å². The first-order chi connectivity index (χ1) is 13.0. The number of carbonyl (C=O) groups is 2. The van der Waals surface area contributed by atoms with Crippen LogP contribution in [-0.4, -0.2) is 23.6 Å². The summed E-state index contributed by atoms with van der Waals surface area (Å²) in [7, 11) is 0. The lowest BCUT2D eigenvalue weighted by molar-refractivity contribution is -0.119. The zero-order valence-electron chi connectivity index (χ0n) is 15.8. The van der Waals surface area contributed by atoms with Crippen molar-refractivity contribution in [1.82, 2.24) is 10.6 Å². The minimum atomic E-state index is -0.0796. The molecule has 3 rings (SSSR count). The third-order valence-corrected chi connectivity index (χ3v) is 5.69. The molecule has 142 valence electrons. The monoisotopic (exact) mass is 382 g/mol. The fourth-order valence-electron chi connectivity index (χ4n) is 3.43. The molecular formula is C22H26N2O2S. The zero-order chi connectivity index (χ0) is 19.2. The van der Waals surface area contributed by atoms with E-state index in [0.717, 1.165) is 24.2 Å². The lowest BCUT2D eigenvalue weighted by Crippen LogP contribution is -2.32. The molecule has 2 aromatic carbocycles. The van der Waals surface area contributed by atoms with Gasteiger partial charge in [0.05, 0.1) is 17.4 Å². The Morgan fingerprint density at radius 3 is 2.67 bits per heavy atom. The Morgan fingerprint density at radius 2 is 1.85 bits per heavy atom. The first-order valence-electron chi connectivity index (χ1n) is 9.44. The first-order valence-corrected chi connectivity index (χ1v) is 10.4. The van der Waals surface area contributed by atoms with Gasteiger partial charge in [0.15, 0.2) is 0 Å². The van der Waals surface area contributed by atoms with E-state index in [1.54, 1.807) is 0 Å². The van der Waals surface area contributed by atoms with E-state index in [-0.39, 0.29) is 23.9 Å².